The summed E-state index contributed by atoms with van der Waals surface area (Å²) in [5.74, 6) is 1.10. The van der Waals surface area contributed by atoms with Crippen LogP contribution >= 0.6 is 0 Å². The highest BCUT2D eigenvalue weighted by molar-refractivity contribution is 5.77. The van der Waals surface area contributed by atoms with Gasteiger partial charge in [0.05, 0.1) is 5.69 Å². The zero-order chi connectivity index (χ0) is 16.8. The van der Waals surface area contributed by atoms with Gasteiger partial charge < -0.3 is 15.7 Å². The van der Waals surface area contributed by atoms with Crippen molar-refractivity contribution >= 4 is 11.7 Å². The number of nitrogens with two attached hydrogens (primary N) is 1. The van der Waals surface area contributed by atoms with Crippen molar-refractivity contribution in [3.8, 4) is 0 Å². The molecule has 3 rings (SSSR count). The van der Waals surface area contributed by atoms with Crippen LogP contribution < -0.4 is 5.73 Å². The van der Waals surface area contributed by atoms with Crippen LogP contribution in [0.15, 0.2) is 12.1 Å². The molecule has 23 heavy (non-hydrogen) atoms. The Balaban J connectivity index is 0.000000924. The highest BCUT2D eigenvalue weighted by Gasteiger charge is 2.27. The number of carbonyl (C=O) groups excluding carboxylic acids is 1. The average Bonchev–Trinajstić information content (AvgIpc) is 3.05. The summed E-state index contributed by atoms with van der Waals surface area (Å²) in [5, 5.41) is 7.00. The van der Waals surface area contributed by atoms with Gasteiger partial charge in [-0.25, -0.2) is 4.98 Å². The van der Waals surface area contributed by atoms with Crippen molar-refractivity contribution in [3.05, 3.63) is 23.4 Å². The van der Waals surface area contributed by atoms with E-state index in [0.29, 0.717) is 18.2 Å². The molecule has 1 aromatic rings. The highest BCUT2D eigenvalue weighted by atomic mass is 16.2. The van der Waals surface area contributed by atoms with E-state index in [9.17, 15) is 4.79 Å². The number of nitrogens with zero attached hydrogens (tertiary/aromatic N) is 3. The first-order chi connectivity index (χ1) is 11.1. The third-order valence-electron chi connectivity index (χ3n) is 4.70. The van der Waals surface area contributed by atoms with Crippen molar-refractivity contribution in [3.63, 3.8) is 0 Å². The van der Waals surface area contributed by atoms with Crippen LogP contribution in [0.5, 0.6) is 0 Å². The number of aliphatic hydroxyl groups excluding tert-OH is 1. The standard InChI is InChI=1S/C16H24N4O.CH4O/c1-19-9-6-12(10-16(19)21)13-4-5-15(17)18-14(13)11-20-7-2-3-8-20;1-2/h4-5,12H,2-3,6-11H2,1H3,(H2,17,18);2H,1H3. The van der Waals surface area contributed by atoms with Gasteiger partial charge in [-0.2, -0.15) is 0 Å². The van der Waals surface area contributed by atoms with Gasteiger partial charge in [0.1, 0.15) is 5.82 Å². The molecule has 2 fully saturated rings. The minimum absolute atomic E-state index is 0.232. The zero-order valence-corrected chi connectivity index (χ0v) is 14.2. The minimum atomic E-state index is 0.232. The lowest BCUT2D eigenvalue weighted by molar-refractivity contribution is -0.132. The van der Waals surface area contributed by atoms with Crippen LogP contribution in [0.4, 0.5) is 5.82 Å². The number of nitrogen functional groups attached to an aromatic ring is 1. The molecule has 1 aromatic heterocycles. The van der Waals surface area contributed by atoms with E-state index in [4.69, 9.17) is 10.8 Å². The number of rotatable bonds is 3. The highest BCUT2D eigenvalue weighted by Crippen LogP contribution is 2.31. The second-order valence-electron chi connectivity index (χ2n) is 6.26. The normalized spacial score (nSPS) is 22.0. The van der Waals surface area contributed by atoms with E-state index < -0.39 is 0 Å². The summed E-state index contributed by atoms with van der Waals surface area (Å²) in [5.41, 5.74) is 8.16. The molecule has 128 valence electrons. The van der Waals surface area contributed by atoms with Crippen LogP contribution in [0.3, 0.4) is 0 Å². The largest absolute Gasteiger partial charge is 0.400 e. The first kappa shape index (κ1) is 17.7. The summed E-state index contributed by atoms with van der Waals surface area (Å²) < 4.78 is 0. The van der Waals surface area contributed by atoms with E-state index in [1.165, 1.54) is 18.4 Å². The predicted octanol–water partition coefficient (Wildman–Crippen LogP) is 1.20. The molecule has 2 aliphatic rings. The number of amides is 1. The lowest BCUT2D eigenvalue weighted by atomic mass is 9.88. The molecule has 0 spiro atoms. The number of likely N-dealkylation sites (tertiary alicyclic amines) is 2. The molecule has 1 unspecified atom stereocenters. The van der Waals surface area contributed by atoms with E-state index in [1.54, 1.807) is 0 Å². The van der Waals surface area contributed by atoms with Crippen molar-refractivity contribution in [1.82, 2.24) is 14.8 Å². The second-order valence-corrected chi connectivity index (χ2v) is 6.26. The number of hydrogen-bond acceptors (Lipinski definition) is 5. The van der Waals surface area contributed by atoms with Gasteiger partial charge in [-0.05, 0) is 49.9 Å². The Labute approximate surface area is 138 Å². The summed E-state index contributed by atoms with van der Waals surface area (Å²) in [4.78, 5) is 20.8. The van der Waals surface area contributed by atoms with Crippen LogP contribution in [0.25, 0.3) is 0 Å². The molecule has 0 radical (unpaired) electrons. The molecule has 0 saturated carbocycles. The Hall–Kier alpha value is -1.66. The third kappa shape index (κ3) is 4.42. The van der Waals surface area contributed by atoms with Gasteiger partial charge in [0.25, 0.3) is 0 Å². The summed E-state index contributed by atoms with van der Waals surface area (Å²) in [6, 6.07) is 3.95. The van der Waals surface area contributed by atoms with Crippen molar-refractivity contribution in [1.29, 1.82) is 0 Å². The lowest BCUT2D eigenvalue weighted by Gasteiger charge is -2.30. The van der Waals surface area contributed by atoms with Crippen LogP contribution in [-0.2, 0) is 11.3 Å². The number of aromatic nitrogens is 1. The Morgan fingerprint density at radius 2 is 1.96 bits per heavy atom. The van der Waals surface area contributed by atoms with Gasteiger partial charge >= 0.3 is 0 Å². The molecule has 6 nitrogen and oxygen atoms in total. The van der Waals surface area contributed by atoms with Gasteiger partial charge in [-0.15, -0.1) is 0 Å². The van der Waals surface area contributed by atoms with E-state index in [-0.39, 0.29) is 5.91 Å². The van der Waals surface area contributed by atoms with E-state index >= 15 is 0 Å². The topological polar surface area (TPSA) is 82.7 Å². The van der Waals surface area contributed by atoms with Crippen molar-refractivity contribution in [2.24, 2.45) is 0 Å². The number of anilines is 1. The maximum atomic E-state index is 12.0. The SMILES string of the molecule is CN1CCC(c2ccc(N)nc2CN2CCCC2)CC1=O.CO. The maximum Gasteiger partial charge on any atom is 0.222 e. The quantitative estimate of drug-likeness (QED) is 0.874. The summed E-state index contributed by atoms with van der Waals surface area (Å²) in [6.45, 7) is 3.97. The molecule has 1 amide bonds. The summed E-state index contributed by atoms with van der Waals surface area (Å²) >= 11 is 0. The number of aliphatic hydroxyl groups is 1. The fraction of sp³-hybridized carbons (Fsp3) is 0.647. The number of piperidine rings is 1. The van der Waals surface area contributed by atoms with Crippen LogP contribution in [-0.4, -0.2) is 59.6 Å². The van der Waals surface area contributed by atoms with Gasteiger partial charge in [0, 0.05) is 33.7 Å². The number of hydrogen-bond donors (Lipinski definition) is 2. The van der Waals surface area contributed by atoms with Gasteiger partial charge in [-0.3, -0.25) is 9.69 Å². The Bertz CT molecular complexity index is 529. The predicted molar refractivity (Wildman–Crippen MR) is 90.9 cm³/mol. The summed E-state index contributed by atoms with van der Waals surface area (Å²) in [7, 11) is 2.88. The molecule has 3 N–H and O–H groups in total. The van der Waals surface area contributed by atoms with Gasteiger partial charge in [-0.1, -0.05) is 6.07 Å². The Morgan fingerprint density at radius 3 is 2.61 bits per heavy atom. The molecule has 1 atom stereocenters. The smallest absolute Gasteiger partial charge is 0.222 e. The van der Waals surface area contributed by atoms with Crippen LogP contribution in [0.1, 0.15) is 42.9 Å². The molecule has 6 heteroatoms. The minimum Gasteiger partial charge on any atom is -0.400 e. The molecule has 2 saturated heterocycles. The lowest BCUT2D eigenvalue weighted by Crippen LogP contribution is -2.35. The molecule has 0 aromatic carbocycles. The van der Waals surface area contributed by atoms with Gasteiger partial charge in [0.2, 0.25) is 5.91 Å². The van der Waals surface area contributed by atoms with Crippen molar-refractivity contribution in [2.45, 2.75) is 38.1 Å². The number of pyridine rings is 1. The fourth-order valence-electron chi connectivity index (χ4n) is 3.39. The average molecular weight is 320 g/mol. The Morgan fingerprint density at radius 1 is 1.26 bits per heavy atom. The van der Waals surface area contributed by atoms with Crippen molar-refractivity contribution < 1.29 is 9.90 Å². The second kappa shape index (κ2) is 8.26. The fourth-order valence-corrected chi connectivity index (χ4v) is 3.39. The van der Waals surface area contributed by atoms with E-state index in [0.717, 1.165) is 45.4 Å². The van der Waals surface area contributed by atoms with Crippen LogP contribution in [0.2, 0.25) is 0 Å². The van der Waals surface area contributed by atoms with Crippen LogP contribution in [0, 0.1) is 0 Å². The zero-order valence-electron chi connectivity index (χ0n) is 14.2. The number of carbonyl (C=O) groups is 1. The van der Waals surface area contributed by atoms with E-state index in [1.807, 2.05) is 18.0 Å². The first-order valence-electron chi connectivity index (χ1n) is 8.30. The molecular formula is C17H28N4O2. The molecule has 0 bridgehead atoms. The monoisotopic (exact) mass is 320 g/mol. The maximum absolute atomic E-state index is 12.0. The molecule has 3 heterocycles. The first-order valence-corrected chi connectivity index (χ1v) is 8.30. The molecule has 0 aliphatic carbocycles. The van der Waals surface area contributed by atoms with Gasteiger partial charge in [0.15, 0.2) is 0 Å². The van der Waals surface area contributed by atoms with Crippen molar-refractivity contribution in [2.75, 3.05) is 39.5 Å². The molecular weight excluding hydrogens is 292 g/mol. The van der Waals surface area contributed by atoms with E-state index in [2.05, 4.69) is 16.0 Å². The Kier molecular flexibility index (Phi) is 6.36. The third-order valence-corrected chi connectivity index (χ3v) is 4.70. The summed E-state index contributed by atoms with van der Waals surface area (Å²) in [6.07, 6.45) is 4.14. The molecule has 2 aliphatic heterocycles.